The normalized spacial score (nSPS) is 15.7. The molecule has 2 aliphatic heterocycles. The summed E-state index contributed by atoms with van der Waals surface area (Å²) in [6.45, 7) is 18.8. The second-order valence-electron chi connectivity index (χ2n) is 25.3. The molecule has 0 radical (unpaired) electrons. The van der Waals surface area contributed by atoms with Crippen LogP contribution in [0.2, 0.25) is 0 Å². The first kappa shape index (κ1) is 50.6. The van der Waals surface area contributed by atoms with Crippen molar-refractivity contribution in [2.45, 2.75) is 89.4 Å². The van der Waals surface area contributed by atoms with Gasteiger partial charge in [0.2, 0.25) is 0 Å². The Kier molecular flexibility index (Phi) is 12.0. The fourth-order valence-corrected chi connectivity index (χ4v) is 13.7. The van der Waals surface area contributed by atoms with Gasteiger partial charge < -0.3 is 19.1 Å². The van der Waals surface area contributed by atoms with Crippen molar-refractivity contribution in [1.29, 1.82) is 0 Å². The minimum atomic E-state index is -0.954. The molecule has 0 N–H and O–H groups in total. The fraction of sp³-hybridized carbons (Fsp3) is 0.286. The van der Waals surface area contributed by atoms with Gasteiger partial charge in [0.15, 0.2) is 0 Å². The van der Waals surface area contributed by atoms with E-state index < -0.39 is 10.0 Å². The third kappa shape index (κ3) is 7.63. The van der Waals surface area contributed by atoms with Crippen LogP contribution in [0.4, 0.5) is 51.2 Å². The Morgan fingerprint density at radius 1 is 0.569 bits per heavy atom. The maximum absolute atomic E-state index is 7.73. The van der Waals surface area contributed by atoms with Gasteiger partial charge >= 0.3 is 0 Å². The average Bonchev–Trinajstić information content (AvgIpc) is 3.75. The number of furan rings is 1. The van der Waals surface area contributed by atoms with Crippen LogP contribution in [0.1, 0.15) is 83.8 Å². The van der Waals surface area contributed by atoms with Crippen LogP contribution >= 0.6 is 10.0 Å². The van der Waals surface area contributed by atoms with Crippen LogP contribution in [0.3, 0.4) is 0 Å². The predicted octanol–water partition coefficient (Wildman–Crippen LogP) is -3.58. The van der Waals surface area contributed by atoms with Crippen molar-refractivity contribution in [2.75, 3.05) is 33.5 Å². The van der Waals surface area contributed by atoms with Gasteiger partial charge in [-0.15, -0.1) is 10.9 Å². The summed E-state index contributed by atoms with van der Waals surface area (Å²) in [4.78, 5) is 9.24. The summed E-state index contributed by atoms with van der Waals surface area (Å²) in [6, 6.07) is 31.3. The van der Waals surface area contributed by atoms with Crippen molar-refractivity contribution < 1.29 is 4.42 Å². The number of aryl methyl sites for hydroxylation is 1. The average molecular weight is 952 g/mol. The lowest BCUT2D eigenvalue weighted by molar-refractivity contribution is 0.282. The molecular weight excluding hydrogens is 882 g/mol. The van der Waals surface area contributed by atoms with Gasteiger partial charge in [-0.05, 0) is 137 Å². The van der Waals surface area contributed by atoms with Crippen molar-refractivity contribution in [3.63, 3.8) is 0 Å². The third-order valence-electron chi connectivity index (χ3n) is 18.1. The van der Waals surface area contributed by atoms with Crippen LogP contribution in [-0.2, 0) is 16.2 Å². The Morgan fingerprint density at radius 3 is 1.53 bits per heavy atom. The molecule has 1 aliphatic carbocycles. The van der Waals surface area contributed by atoms with E-state index in [4.69, 9.17) is 4.42 Å². The molecule has 0 unspecified atom stereocenters. The Bertz CT molecular complexity index is 3300. The van der Waals surface area contributed by atoms with Crippen LogP contribution < -0.4 is 85.9 Å². The summed E-state index contributed by atoms with van der Waals surface area (Å²) in [6.07, 6.45) is 9.34. The van der Waals surface area contributed by atoms with Crippen molar-refractivity contribution in [2.24, 2.45) is 0 Å². The molecule has 4 nitrogen and oxygen atoms in total. The van der Waals surface area contributed by atoms with E-state index in [1.807, 2.05) is 0 Å². The van der Waals surface area contributed by atoms with E-state index in [9.17, 15) is 0 Å². The van der Waals surface area contributed by atoms with E-state index in [1.165, 1.54) is 127 Å². The third-order valence-corrected chi connectivity index (χ3v) is 19.8. The van der Waals surface area contributed by atoms with Crippen molar-refractivity contribution in [3.05, 3.63) is 101 Å². The first-order valence-corrected chi connectivity index (χ1v) is 29.3. The molecule has 3 heterocycles. The lowest BCUT2D eigenvalue weighted by Crippen LogP contribution is -2.61. The van der Waals surface area contributed by atoms with E-state index in [2.05, 4.69) is 246 Å². The fourth-order valence-electron chi connectivity index (χ4n) is 12.7. The molecule has 10 rings (SSSR count). The summed E-state index contributed by atoms with van der Waals surface area (Å²) in [5.41, 5.74) is 31.7. The lowest BCUT2D eigenvalue weighted by Gasteiger charge is -2.44. The number of benzene rings is 6. The highest BCUT2D eigenvalue weighted by molar-refractivity contribution is 8.32. The van der Waals surface area contributed by atoms with Crippen molar-refractivity contribution in [3.8, 4) is 0 Å². The second kappa shape index (κ2) is 17.1. The van der Waals surface area contributed by atoms with Gasteiger partial charge in [0.25, 0.3) is 6.71 Å². The van der Waals surface area contributed by atoms with Crippen LogP contribution in [0.5, 0.6) is 0 Å². The maximum Gasteiger partial charge on any atom is 0.297 e. The molecule has 1 aromatic heterocycles. The standard InChI is InChI=1S/C56H70B11N3OS/c1-27-24-35-48-36(25-27)69(30-14-12-28(13-15-30)54(2,3)4)49-37-52(56(7,8)23-22-55(37,5)6)71-53(49)67(48)33-21-18-31(26-34(33)68(35)29-16-19-32(20-17-29)72(9,10)11)70(50-44(63)40(59)38(57)41(60)45(50)64)51-46(65)42(61)39(58)43(62)47(51)66/h12-21,24-26H,22-23,57-66H2,1-11H3. The van der Waals surface area contributed by atoms with Gasteiger partial charge in [-0.1, -0.05) is 110 Å². The quantitative estimate of drug-likeness (QED) is 0.161. The topological polar surface area (TPSA) is 22.9 Å². The molecule has 16 heteroatoms. The zero-order valence-electron chi connectivity index (χ0n) is 47.7. The van der Waals surface area contributed by atoms with Crippen molar-refractivity contribution >= 4 is 218 Å². The van der Waals surface area contributed by atoms with Gasteiger partial charge in [-0.3, -0.25) is 0 Å². The number of anilines is 9. The van der Waals surface area contributed by atoms with E-state index in [-0.39, 0.29) is 23.0 Å². The molecule has 0 saturated heterocycles. The Balaban J connectivity index is 1.34. The molecule has 0 saturated carbocycles. The Labute approximate surface area is 443 Å². The number of hydrogen-bond donors (Lipinski definition) is 0. The van der Waals surface area contributed by atoms with Crippen LogP contribution in [0.25, 0.3) is 0 Å². The first-order valence-electron chi connectivity index (χ1n) is 26.5. The molecule has 3 aliphatic rings. The Hall–Kier alpha value is -4.94. The predicted molar refractivity (Wildman–Crippen MR) is 352 cm³/mol. The SMILES string of the molecule is Bc1c(B)c(B)c(N(c2ccc3c(c2)N(c2ccc(S(C)(C)C)cc2)c2cc(C)cc4c2B3c2oc3c(c2N4c2ccc(C(C)(C)C)cc2)C(C)(C)CCC3(C)C)c2c(B)c(B)c(B)c(B)c2B)c(B)c1B. The van der Waals surface area contributed by atoms with Crippen molar-refractivity contribution in [1.82, 2.24) is 0 Å². The minimum absolute atomic E-state index is 0.0334. The smallest absolute Gasteiger partial charge is 0.297 e. The van der Waals surface area contributed by atoms with E-state index >= 15 is 0 Å². The zero-order chi connectivity index (χ0) is 52.2. The van der Waals surface area contributed by atoms with E-state index in [0.717, 1.165) is 35.6 Å². The largest absolute Gasteiger partial charge is 0.472 e. The summed E-state index contributed by atoms with van der Waals surface area (Å²) >= 11 is 0. The van der Waals surface area contributed by atoms with Gasteiger partial charge in [0.05, 0.1) is 11.3 Å². The van der Waals surface area contributed by atoms with E-state index in [1.54, 1.807) is 0 Å². The summed E-state index contributed by atoms with van der Waals surface area (Å²) in [7, 11) is 22.2. The summed E-state index contributed by atoms with van der Waals surface area (Å²) < 4.78 is 7.73. The van der Waals surface area contributed by atoms with Crippen LogP contribution in [0, 0.1) is 6.92 Å². The number of nitrogens with zero attached hydrogens (tertiary/aromatic N) is 3. The molecule has 0 atom stereocenters. The lowest BCUT2D eigenvalue weighted by atomic mass is 9.35. The van der Waals surface area contributed by atoms with Gasteiger partial charge in [0, 0.05) is 56.5 Å². The second-order valence-corrected chi connectivity index (χ2v) is 29.4. The van der Waals surface area contributed by atoms with Crippen LogP contribution in [-0.4, -0.2) is 104 Å². The summed E-state index contributed by atoms with van der Waals surface area (Å²) in [5, 5.41) is 0. The zero-order valence-corrected chi connectivity index (χ0v) is 48.5. The highest BCUT2D eigenvalue weighted by atomic mass is 32.3. The molecule has 0 spiro atoms. The number of rotatable bonds is 6. The molecule has 0 bridgehead atoms. The Morgan fingerprint density at radius 2 is 1.03 bits per heavy atom. The molecule has 0 fully saturated rings. The highest BCUT2D eigenvalue weighted by Crippen LogP contribution is 2.55. The number of fused-ring (bicyclic) bond motifs is 6. The molecule has 7 aromatic rings. The minimum Gasteiger partial charge on any atom is -0.472 e. The monoisotopic (exact) mass is 954 g/mol. The maximum atomic E-state index is 7.73. The highest BCUT2D eigenvalue weighted by Gasteiger charge is 2.52. The van der Waals surface area contributed by atoms with Gasteiger partial charge in [0.1, 0.15) is 84.2 Å². The molecule has 72 heavy (non-hydrogen) atoms. The van der Waals surface area contributed by atoms with Crippen LogP contribution in [0.15, 0.2) is 88.2 Å². The van der Waals surface area contributed by atoms with Gasteiger partial charge in [-0.2, -0.15) is 0 Å². The molecular formula is C56H70B11N3OS. The molecule has 354 valence electrons. The molecule has 6 aromatic carbocycles. The number of hydrogen-bond acceptors (Lipinski definition) is 4. The van der Waals surface area contributed by atoms with Gasteiger partial charge in [-0.25, -0.2) is 10.0 Å². The summed E-state index contributed by atoms with van der Waals surface area (Å²) in [5.74, 6) is 1.14. The van der Waals surface area contributed by atoms with E-state index in [0.29, 0.717) is 0 Å². The molecule has 0 amide bonds. The first-order chi connectivity index (χ1) is 33.6.